The molecule has 0 aromatic heterocycles. The van der Waals surface area contributed by atoms with Gasteiger partial charge < -0.3 is 10.6 Å². The Morgan fingerprint density at radius 3 is 2.62 bits per heavy atom. The molecule has 0 bridgehead atoms. The van der Waals surface area contributed by atoms with Crippen LogP contribution in [0.5, 0.6) is 0 Å². The fourth-order valence-electron chi connectivity index (χ4n) is 3.59. The maximum absolute atomic E-state index is 12.9. The molecule has 1 aliphatic carbocycles. The molecule has 1 aliphatic heterocycles. The van der Waals surface area contributed by atoms with E-state index in [2.05, 4.69) is 10.6 Å². The summed E-state index contributed by atoms with van der Waals surface area (Å²) in [4.78, 5) is 38.5. The van der Waals surface area contributed by atoms with Crippen LogP contribution in [0.2, 0.25) is 15.1 Å². The highest BCUT2D eigenvalue weighted by Crippen LogP contribution is 2.38. The van der Waals surface area contributed by atoms with Crippen molar-refractivity contribution in [3.63, 3.8) is 0 Å². The van der Waals surface area contributed by atoms with Crippen molar-refractivity contribution in [1.29, 1.82) is 0 Å². The molecule has 1 heterocycles. The van der Waals surface area contributed by atoms with E-state index in [0.717, 1.165) is 24.2 Å². The zero-order valence-electron chi connectivity index (χ0n) is 14.1. The Labute approximate surface area is 166 Å². The van der Waals surface area contributed by atoms with Crippen molar-refractivity contribution in [3.05, 3.63) is 27.2 Å². The summed E-state index contributed by atoms with van der Waals surface area (Å²) in [6, 6.07) is 2.29. The average Bonchev–Trinajstić information content (AvgIpc) is 2.80. The van der Waals surface area contributed by atoms with Gasteiger partial charge in [0.25, 0.3) is 5.91 Å². The lowest BCUT2D eigenvalue weighted by atomic mass is 9.73. The number of rotatable bonds is 3. The van der Waals surface area contributed by atoms with E-state index < -0.39 is 24.0 Å². The van der Waals surface area contributed by atoms with Crippen LogP contribution in [0.1, 0.15) is 32.6 Å². The first kappa shape index (κ1) is 19.3. The molecule has 2 atom stereocenters. The molecule has 4 amide bonds. The molecule has 2 fully saturated rings. The number of carbonyl (C=O) groups excluding carboxylic acids is 3. The maximum Gasteiger partial charge on any atom is 0.325 e. The molecule has 2 N–H and O–H groups in total. The molecule has 1 aromatic rings. The Kier molecular flexibility index (Phi) is 5.37. The molecular formula is C17H18Cl3N3O3. The van der Waals surface area contributed by atoms with Gasteiger partial charge >= 0.3 is 6.03 Å². The van der Waals surface area contributed by atoms with Gasteiger partial charge in [-0.3, -0.25) is 14.5 Å². The van der Waals surface area contributed by atoms with Gasteiger partial charge in [-0.05, 0) is 30.9 Å². The lowest BCUT2D eigenvalue weighted by Gasteiger charge is -2.36. The number of benzene rings is 1. The van der Waals surface area contributed by atoms with E-state index in [1.165, 1.54) is 12.1 Å². The van der Waals surface area contributed by atoms with Crippen molar-refractivity contribution in [1.82, 2.24) is 10.2 Å². The van der Waals surface area contributed by atoms with Gasteiger partial charge in [0.15, 0.2) is 0 Å². The van der Waals surface area contributed by atoms with E-state index in [9.17, 15) is 14.4 Å². The Morgan fingerprint density at radius 1 is 1.23 bits per heavy atom. The van der Waals surface area contributed by atoms with E-state index in [-0.39, 0.29) is 32.6 Å². The number of hydrogen-bond donors (Lipinski definition) is 2. The topological polar surface area (TPSA) is 78.5 Å². The molecule has 9 heteroatoms. The zero-order valence-corrected chi connectivity index (χ0v) is 16.3. The summed E-state index contributed by atoms with van der Waals surface area (Å²) in [5, 5.41) is 6.07. The molecule has 1 saturated carbocycles. The number of nitrogens with zero attached hydrogens (tertiary/aromatic N) is 1. The number of imide groups is 1. The summed E-state index contributed by atoms with van der Waals surface area (Å²) < 4.78 is 0. The molecule has 140 valence electrons. The number of amides is 4. The zero-order chi connectivity index (χ0) is 19.1. The first-order valence-electron chi connectivity index (χ1n) is 8.33. The number of hydrogen-bond acceptors (Lipinski definition) is 3. The van der Waals surface area contributed by atoms with E-state index in [4.69, 9.17) is 34.8 Å². The summed E-state index contributed by atoms with van der Waals surface area (Å²) in [5.74, 6) is -0.857. The first-order chi connectivity index (χ1) is 12.2. The third kappa shape index (κ3) is 3.38. The van der Waals surface area contributed by atoms with Crippen LogP contribution < -0.4 is 10.6 Å². The first-order valence-corrected chi connectivity index (χ1v) is 9.46. The molecule has 1 saturated heterocycles. The van der Waals surface area contributed by atoms with Gasteiger partial charge in [0.05, 0.1) is 20.8 Å². The van der Waals surface area contributed by atoms with Gasteiger partial charge in [0.2, 0.25) is 5.91 Å². The van der Waals surface area contributed by atoms with Crippen LogP contribution in [0.4, 0.5) is 10.5 Å². The van der Waals surface area contributed by atoms with Crippen molar-refractivity contribution in [2.45, 2.75) is 38.1 Å². The minimum atomic E-state index is -0.892. The second-order valence-electron chi connectivity index (χ2n) is 6.73. The van der Waals surface area contributed by atoms with Crippen molar-refractivity contribution < 1.29 is 14.4 Å². The molecule has 2 unspecified atom stereocenters. The lowest BCUT2D eigenvalue weighted by Crippen LogP contribution is -2.54. The lowest BCUT2D eigenvalue weighted by molar-refractivity contribution is -0.136. The van der Waals surface area contributed by atoms with Crippen molar-refractivity contribution in [3.8, 4) is 0 Å². The van der Waals surface area contributed by atoms with Crippen LogP contribution in [0.3, 0.4) is 0 Å². The predicted octanol–water partition coefficient (Wildman–Crippen LogP) is 4.09. The van der Waals surface area contributed by atoms with Gasteiger partial charge in [0, 0.05) is 0 Å². The van der Waals surface area contributed by atoms with Gasteiger partial charge in [0.1, 0.15) is 12.1 Å². The maximum atomic E-state index is 12.9. The fraction of sp³-hybridized carbons (Fsp3) is 0.471. The quantitative estimate of drug-likeness (QED) is 0.573. The average molecular weight is 419 g/mol. The molecule has 3 rings (SSSR count). The third-order valence-corrected chi connectivity index (χ3v) is 6.12. The molecule has 2 aliphatic rings. The highest BCUT2D eigenvalue weighted by molar-refractivity contribution is 6.44. The smallest absolute Gasteiger partial charge is 0.323 e. The fourth-order valence-corrected chi connectivity index (χ4v) is 4.18. The molecule has 6 nitrogen and oxygen atoms in total. The Balaban J connectivity index is 1.73. The van der Waals surface area contributed by atoms with Crippen LogP contribution in [0.25, 0.3) is 0 Å². The van der Waals surface area contributed by atoms with Crippen LogP contribution in [0.15, 0.2) is 12.1 Å². The molecule has 1 spiro atoms. The number of halogens is 3. The van der Waals surface area contributed by atoms with Gasteiger partial charge in [-0.2, -0.15) is 0 Å². The normalized spacial score (nSPS) is 25.5. The number of carbonyl (C=O) groups is 3. The highest BCUT2D eigenvalue weighted by Gasteiger charge is 2.55. The second kappa shape index (κ2) is 7.25. The minimum absolute atomic E-state index is 0.0327. The van der Waals surface area contributed by atoms with Crippen LogP contribution >= 0.6 is 34.8 Å². The summed E-state index contributed by atoms with van der Waals surface area (Å²) in [6.07, 6.45) is 3.36. The minimum Gasteiger partial charge on any atom is -0.323 e. The SMILES string of the molecule is CC1CCCCC12NC(=O)N(CC(=O)Nc1cc(Cl)c(Cl)cc1Cl)C2=O. The summed E-state index contributed by atoms with van der Waals surface area (Å²) in [7, 11) is 0. The second-order valence-corrected chi connectivity index (χ2v) is 7.96. The van der Waals surface area contributed by atoms with Crippen molar-refractivity contribution >= 4 is 58.3 Å². The van der Waals surface area contributed by atoms with E-state index in [1.807, 2.05) is 6.92 Å². The highest BCUT2D eigenvalue weighted by atomic mass is 35.5. The van der Waals surface area contributed by atoms with E-state index in [1.54, 1.807) is 0 Å². The third-order valence-electron chi connectivity index (χ3n) is 5.09. The van der Waals surface area contributed by atoms with Crippen LogP contribution in [-0.4, -0.2) is 34.8 Å². The van der Waals surface area contributed by atoms with Gasteiger partial charge in [-0.15, -0.1) is 0 Å². The van der Waals surface area contributed by atoms with Crippen LogP contribution in [-0.2, 0) is 9.59 Å². The van der Waals surface area contributed by atoms with Crippen LogP contribution in [0, 0.1) is 5.92 Å². The molecule has 1 aromatic carbocycles. The predicted molar refractivity (Wildman–Crippen MR) is 101 cm³/mol. The number of nitrogens with one attached hydrogen (secondary N) is 2. The molecule has 26 heavy (non-hydrogen) atoms. The summed E-state index contributed by atoms with van der Waals surface area (Å²) >= 11 is 17.8. The summed E-state index contributed by atoms with van der Waals surface area (Å²) in [6.45, 7) is 1.56. The monoisotopic (exact) mass is 417 g/mol. The van der Waals surface area contributed by atoms with Gasteiger partial charge in [-0.1, -0.05) is 54.6 Å². The Morgan fingerprint density at radius 2 is 1.92 bits per heavy atom. The Bertz CT molecular complexity index is 786. The standard InChI is InChI=1S/C17H18Cl3N3O3/c1-9-4-2-3-5-17(9)15(25)23(16(26)22-17)8-14(24)21-13-7-11(19)10(18)6-12(13)20/h6-7,9H,2-5,8H2,1H3,(H,21,24)(H,22,26). The molecule has 0 radical (unpaired) electrons. The number of anilines is 1. The number of urea groups is 1. The van der Waals surface area contributed by atoms with Crippen molar-refractivity contribution in [2.75, 3.05) is 11.9 Å². The van der Waals surface area contributed by atoms with E-state index >= 15 is 0 Å². The van der Waals surface area contributed by atoms with Crippen molar-refractivity contribution in [2.24, 2.45) is 5.92 Å². The van der Waals surface area contributed by atoms with E-state index in [0.29, 0.717) is 6.42 Å². The summed E-state index contributed by atoms with van der Waals surface area (Å²) in [5.41, 5.74) is -0.629. The Hall–Kier alpha value is -1.50. The van der Waals surface area contributed by atoms with Gasteiger partial charge in [-0.25, -0.2) is 4.79 Å². The molecular weight excluding hydrogens is 401 g/mol. The largest absolute Gasteiger partial charge is 0.325 e.